The number of hydrogen-bond donors (Lipinski definition) is 0. The third-order valence-electron chi connectivity index (χ3n) is 13.6. The highest BCUT2D eigenvalue weighted by Gasteiger charge is 2.22. The Labute approximate surface area is 357 Å². The molecule has 1 aliphatic rings. The second kappa shape index (κ2) is 12.7. The SMILES string of the molecule is c1cc(-c2ccc3c(c2)-c2cccc4cccc-3c24)cc(-n2c3ccccc3c3cc(-c4ccc5c(c4)c4ccc6ccccc6c4n5-c4ccc5ccccc5c4)ccc32)c1. The van der Waals surface area contributed by atoms with E-state index in [2.05, 4.69) is 228 Å². The zero-order valence-corrected chi connectivity index (χ0v) is 33.7. The molecule has 62 heavy (non-hydrogen) atoms. The summed E-state index contributed by atoms with van der Waals surface area (Å²) in [5, 5.41) is 12.7. The van der Waals surface area contributed by atoms with Crippen molar-refractivity contribution in [1.82, 2.24) is 9.13 Å². The van der Waals surface area contributed by atoms with Crippen LogP contribution < -0.4 is 0 Å². The van der Waals surface area contributed by atoms with Gasteiger partial charge in [0, 0.05) is 38.3 Å². The maximum Gasteiger partial charge on any atom is 0.0619 e. The average Bonchev–Trinajstić information content (AvgIpc) is 3.97. The molecule has 1 aliphatic carbocycles. The molecule has 0 spiro atoms. The molecule has 0 amide bonds. The molecule has 0 bridgehead atoms. The van der Waals surface area contributed by atoms with Gasteiger partial charge in [-0.3, -0.25) is 0 Å². The van der Waals surface area contributed by atoms with Gasteiger partial charge in [0.25, 0.3) is 0 Å². The van der Waals surface area contributed by atoms with E-state index in [0.29, 0.717) is 0 Å². The number of nitrogens with zero attached hydrogens (tertiary/aromatic N) is 2. The lowest BCUT2D eigenvalue weighted by Crippen LogP contribution is -1.95. The summed E-state index contributed by atoms with van der Waals surface area (Å²) in [7, 11) is 0. The van der Waals surface area contributed by atoms with Gasteiger partial charge in [-0.2, -0.15) is 0 Å². The predicted molar refractivity (Wildman–Crippen MR) is 263 cm³/mol. The van der Waals surface area contributed by atoms with Gasteiger partial charge in [0.2, 0.25) is 0 Å². The summed E-state index contributed by atoms with van der Waals surface area (Å²) in [5.74, 6) is 0. The topological polar surface area (TPSA) is 9.86 Å². The van der Waals surface area contributed by atoms with E-state index in [-0.39, 0.29) is 0 Å². The number of aromatic nitrogens is 2. The van der Waals surface area contributed by atoms with Crippen LogP contribution in [-0.4, -0.2) is 9.13 Å². The minimum atomic E-state index is 1.16. The highest BCUT2D eigenvalue weighted by molar-refractivity contribution is 6.20. The first kappa shape index (κ1) is 33.6. The lowest BCUT2D eigenvalue weighted by molar-refractivity contribution is 1.18. The fourth-order valence-corrected chi connectivity index (χ4v) is 10.8. The zero-order chi connectivity index (χ0) is 40.5. The monoisotopic (exact) mass is 784 g/mol. The van der Waals surface area contributed by atoms with E-state index in [4.69, 9.17) is 0 Å². The standard InChI is InChI=1S/C60H36N2/c1-2-12-40-32-46(27-22-37(40)10-1)62-58-31-26-44(36-55(58)52-29-23-38-11-3-4-17-47(38)60(52)62)43-25-30-57-54(35-43)49-18-5-6-21-56(49)61(57)45-16-7-15-41(33-45)42-24-28-48-50-19-8-13-39-14-9-20-51(59(39)50)53(48)34-42/h1-36H. The first-order valence-corrected chi connectivity index (χ1v) is 21.5. The molecule has 0 aliphatic heterocycles. The normalized spacial score (nSPS) is 12.2. The highest BCUT2D eigenvalue weighted by Crippen LogP contribution is 2.48. The number of hydrogen-bond acceptors (Lipinski definition) is 0. The van der Waals surface area contributed by atoms with E-state index in [9.17, 15) is 0 Å². The van der Waals surface area contributed by atoms with Gasteiger partial charge in [-0.15, -0.1) is 0 Å². The molecule has 2 nitrogen and oxygen atoms in total. The lowest BCUT2D eigenvalue weighted by Gasteiger charge is -2.12. The van der Waals surface area contributed by atoms with Gasteiger partial charge < -0.3 is 9.13 Å². The summed E-state index contributed by atoms with van der Waals surface area (Å²) in [5.41, 5.74) is 17.3. The molecule has 286 valence electrons. The zero-order valence-electron chi connectivity index (χ0n) is 33.7. The Morgan fingerprint density at radius 2 is 0.823 bits per heavy atom. The first-order chi connectivity index (χ1) is 30.7. The summed E-state index contributed by atoms with van der Waals surface area (Å²) in [6.45, 7) is 0. The Hall–Kier alpha value is -8.20. The van der Waals surface area contributed by atoms with Crippen molar-refractivity contribution in [2.75, 3.05) is 0 Å². The second-order valence-electron chi connectivity index (χ2n) is 16.9. The number of fused-ring (bicyclic) bond motifs is 12. The van der Waals surface area contributed by atoms with Crippen LogP contribution in [0.3, 0.4) is 0 Å². The Kier molecular flexibility index (Phi) is 6.86. The van der Waals surface area contributed by atoms with E-state index in [1.165, 1.54) is 126 Å². The third-order valence-corrected chi connectivity index (χ3v) is 13.6. The van der Waals surface area contributed by atoms with Crippen molar-refractivity contribution in [2.45, 2.75) is 0 Å². The molecule has 2 aromatic heterocycles. The smallest absolute Gasteiger partial charge is 0.0619 e. The molecular formula is C60H36N2. The van der Waals surface area contributed by atoms with E-state index >= 15 is 0 Å². The number of benzene rings is 11. The molecule has 0 radical (unpaired) electrons. The quantitative estimate of drug-likeness (QED) is 0.168. The fraction of sp³-hybridized carbons (Fsp3) is 0. The Morgan fingerprint density at radius 1 is 0.242 bits per heavy atom. The molecule has 14 rings (SSSR count). The maximum absolute atomic E-state index is 2.47. The highest BCUT2D eigenvalue weighted by atomic mass is 15.0. The molecule has 13 aromatic rings. The maximum atomic E-state index is 2.47. The molecule has 2 heteroatoms. The molecule has 0 fully saturated rings. The number of para-hydroxylation sites is 1. The van der Waals surface area contributed by atoms with E-state index < -0.39 is 0 Å². The second-order valence-corrected chi connectivity index (χ2v) is 16.9. The third kappa shape index (κ3) is 4.75. The van der Waals surface area contributed by atoms with Gasteiger partial charge in [0.05, 0.1) is 22.1 Å². The first-order valence-electron chi connectivity index (χ1n) is 21.5. The molecule has 0 unspecified atom stereocenters. The van der Waals surface area contributed by atoms with Crippen LogP contribution in [0.5, 0.6) is 0 Å². The van der Waals surface area contributed by atoms with Crippen molar-refractivity contribution in [2.24, 2.45) is 0 Å². The average molecular weight is 785 g/mol. The molecule has 0 saturated heterocycles. The molecule has 2 heterocycles. The summed E-state index contributed by atoms with van der Waals surface area (Å²) in [4.78, 5) is 0. The minimum absolute atomic E-state index is 1.16. The van der Waals surface area contributed by atoms with Crippen molar-refractivity contribution < 1.29 is 0 Å². The van der Waals surface area contributed by atoms with Crippen LogP contribution in [0, 0.1) is 0 Å². The van der Waals surface area contributed by atoms with Crippen molar-refractivity contribution >= 4 is 75.9 Å². The Balaban J connectivity index is 0.910. The molecule has 11 aromatic carbocycles. The Morgan fingerprint density at radius 3 is 1.66 bits per heavy atom. The summed E-state index contributed by atoms with van der Waals surface area (Å²) >= 11 is 0. The van der Waals surface area contributed by atoms with Crippen LogP contribution in [0.1, 0.15) is 0 Å². The van der Waals surface area contributed by atoms with Gasteiger partial charge in [-0.05, 0) is 132 Å². The number of rotatable bonds is 4. The largest absolute Gasteiger partial charge is 0.309 e. The van der Waals surface area contributed by atoms with Gasteiger partial charge in [-0.25, -0.2) is 0 Å². The summed E-state index contributed by atoms with van der Waals surface area (Å²) in [6, 6.07) is 81.1. The Bertz CT molecular complexity index is 4040. The minimum Gasteiger partial charge on any atom is -0.309 e. The molecule has 0 saturated carbocycles. The van der Waals surface area contributed by atoms with Gasteiger partial charge in [-0.1, -0.05) is 158 Å². The molecule has 0 N–H and O–H groups in total. The summed E-state index contributed by atoms with van der Waals surface area (Å²) in [6.07, 6.45) is 0. The van der Waals surface area contributed by atoms with Crippen molar-refractivity contribution in [1.29, 1.82) is 0 Å². The van der Waals surface area contributed by atoms with Gasteiger partial charge in [0.1, 0.15) is 0 Å². The van der Waals surface area contributed by atoms with Crippen LogP contribution in [0.15, 0.2) is 218 Å². The molecular weight excluding hydrogens is 749 g/mol. The van der Waals surface area contributed by atoms with Crippen LogP contribution in [0.25, 0.3) is 132 Å². The lowest BCUT2D eigenvalue weighted by atomic mass is 9.97. The van der Waals surface area contributed by atoms with E-state index in [1.807, 2.05) is 0 Å². The van der Waals surface area contributed by atoms with Gasteiger partial charge in [0.15, 0.2) is 0 Å². The van der Waals surface area contributed by atoms with Crippen molar-refractivity contribution in [3.8, 4) is 55.9 Å². The van der Waals surface area contributed by atoms with Crippen molar-refractivity contribution in [3.05, 3.63) is 218 Å². The van der Waals surface area contributed by atoms with E-state index in [0.717, 1.165) is 5.69 Å². The van der Waals surface area contributed by atoms with E-state index in [1.54, 1.807) is 0 Å². The predicted octanol–water partition coefficient (Wildman–Crippen LogP) is 16.3. The van der Waals surface area contributed by atoms with Crippen molar-refractivity contribution in [3.63, 3.8) is 0 Å². The molecule has 0 atom stereocenters. The van der Waals surface area contributed by atoms with Crippen LogP contribution >= 0.6 is 0 Å². The summed E-state index contributed by atoms with van der Waals surface area (Å²) < 4.78 is 4.91. The van der Waals surface area contributed by atoms with Crippen LogP contribution in [0.2, 0.25) is 0 Å². The fourth-order valence-electron chi connectivity index (χ4n) is 10.8. The van der Waals surface area contributed by atoms with Crippen LogP contribution in [0.4, 0.5) is 0 Å². The van der Waals surface area contributed by atoms with Crippen LogP contribution in [-0.2, 0) is 0 Å². The van der Waals surface area contributed by atoms with Gasteiger partial charge >= 0.3 is 0 Å².